The van der Waals surface area contributed by atoms with Gasteiger partial charge in [-0.05, 0) is 48.9 Å². The highest BCUT2D eigenvalue weighted by molar-refractivity contribution is 5.91. The fraction of sp³-hybridized carbons (Fsp3) is 0.500. The molecule has 0 aromatic heterocycles. The van der Waals surface area contributed by atoms with Crippen molar-refractivity contribution < 1.29 is 5.11 Å². The number of nitrogens with zero attached hydrogens (tertiary/aromatic N) is 1. The third kappa shape index (κ3) is 2.43. The van der Waals surface area contributed by atoms with Gasteiger partial charge in [-0.15, -0.1) is 0 Å². The SMILES string of the molecule is CC1CCCC(C)C1=Nc1ccc(O)cc1. The lowest BCUT2D eigenvalue weighted by molar-refractivity contribution is 0.475. The lowest BCUT2D eigenvalue weighted by Crippen LogP contribution is -2.24. The second-order valence-corrected chi connectivity index (χ2v) is 4.79. The minimum absolute atomic E-state index is 0.300. The maximum atomic E-state index is 9.22. The van der Waals surface area contributed by atoms with E-state index in [2.05, 4.69) is 13.8 Å². The molecule has 2 atom stereocenters. The molecular weight excluding hydrogens is 198 g/mol. The molecule has 2 rings (SSSR count). The van der Waals surface area contributed by atoms with Crippen molar-refractivity contribution in [2.45, 2.75) is 33.1 Å². The van der Waals surface area contributed by atoms with Gasteiger partial charge in [0.1, 0.15) is 5.75 Å². The molecule has 16 heavy (non-hydrogen) atoms. The van der Waals surface area contributed by atoms with E-state index in [-0.39, 0.29) is 0 Å². The van der Waals surface area contributed by atoms with Crippen LogP contribution >= 0.6 is 0 Å². The molecule has 0 amide bonds. The summed E-state index contributed by atoms with van der Waals surface area (Å²) in [5, 5.41) is 9.22. The molecule has 1 saturated carbocycles. The Morgan fingerprint density at radius 3 is 2.19 bits per heavy atom. The van der Waals surface area contributed by atoms with E-state index in [0.29, 0.717) is 17.6 Å². The Balaban J connectivity index is 2.24. The summed E-state index contributed by atoms with van der Waals surface area (Å²) in [6.07, 6.45) is 3.82. The summed E-state index contributed by atoms with van der Waals surface area (Å²) in [7, 11) is 0. The number of hydrogen-bond donors (Lipinski definition) is 1. The van der Waals surface area contributed by atoms with Gasteiger partial charge in [0, 0.05) is 5.71 Å². The van der Waals surface area contributed by atoms with Crippen LogP contribution in [0.5, 0.6) is 5.75 Å². The molecule has 0 spiro atoms. The quantitative estimate of drug-likeness (QED) is 0.759. The van der Waals surface area contributed by atoms with E-state index < -0.39 is 0 Å². The molecule has 1 aromatic carbocycles. The molecule has 86 valence electrons. The van der Waals surface area contributed by atoms with Gasteiger partial charge in [0.05, 0.1) is 5.69 Å². The van der Waals surface area contributed by atoms with Crippen molar-refractivity contribution in [1.29, 1.82) is 0 Å². The normalized spacial score (nSPS) is 25.5. The zero-order chi connectivity index (χ0) is 11.5. The molecule has 2 unspecified atom stereocenters. The first kappa shape index (κ1) is 11.2. The van der Waals surface area contributed by atoms with E-state index in [9.17, 15) is 5.11 Å². The summed E-state index contributed by atoms with van der Waals surface area (Å²) < 4.78 is 0. The van der Waals surface area contributed by atoms with Gasteiger partial charge in [0.2, 0.25) is 0 Å². The molecular formula is C14H19NO. The van der Waals surface area contributed by atoms with Gasteiger partial charge in [-0.2, -0.15) is 0 Å². The first-order valence-electron chi connectivity index (χ1n) is 6.04. The predicted molar refractivity (Wildman–Crippen MR) is 67.4 cm³/mol. The Morgan fingerprint density at radius 2 is 1.62 bits per heavy atom. The van der Waals surface area contributed by atoms with Crippen molar-refractivity contribution in [3.63, 3.8) is 0 Å². The minimum Gasteiger partial charge on any atom is -0.508 e. The standard InChI is InChI=1S/C14H19NO/c1-10-4-3-5-11(2)14(10)15-12-6-8-13(16)9-7-12/h6-11,16H,3-5H2,1-2H3. The number of rotatable bonds is 1. The zero-order valence-corrected chi connectivity index (χ0v) is 9.98. The number of phenols is 1. The largest absolute Gasteiger partial charge is 0.508 e. The van der Waals surface area contributed by atoms with E-state index in [1.54, 1.807) is 12.1 Å². The van der Waals surface area contributed by atoms with Gasteiger partial charge >= 0.3 is 0 Å². The highest BCUT2D eigenvalue weighted by atomic mass is 16.3. The smallest absolute Gasteiger partial charge is 0.115 e. The van der Waals surface area contributed by atoms with Crippen molar-refractivity contribution in [2.75, 3.05) is 0 Å². The van der Waals surface area contributed by atoms with Crippen LogP contribution in [0.3, 0.4) is 0 Å². The van der Waals surface area contributed by atoms with E-state index in [1.807, 2.05) is 12.1 Å². The van der Waals surface area contributed by atoms with Gasteiger partial charge in [-0.25, -0.2) is 0 Å². The Labute approximate surface area is 97.0 Å². The van der Waals surface area contributed by atoms with Crippen LogP contribution in [0, 0.1) is 11.8 Å². The fourth-order valence-corrected chi connectivity index (χ4v) is 2.41. The Hall–Kier alpha value is -1.31. The molecule has 1 aromatic rings. The van der Waals surface area contributed by atoms with Crippen LogP contribution in [0.4, 0.5) is 5.69 Å². The van der Waals surface area contributed by atoms with Crippen LogP contribution in [0.25, 0.3) is 0 Å². The molecule has 2 nitrogen and oxygen atoms in total. The average Bonchev–Trinajstić information content (AvgIpc) is 2.26. The van der Waals surface area contributed by atoms with Gasteiger partial charge in [0.25, 0.3) is 0 Å². The van der Waals surface area contributed by atoms with Crippen LogP contribution in [0.15, 0.2) is 29.3 Å². The minimum atomic E-state index is 0.300. The van der Waals surface area contributed by atoms with Crippen LogP contribution < -0.4 is 0 Å². The molecule has 0 aliphatic heterocycles. The maximum absolute atomic E-state index is 9.22. The molecule has 1 N–H and O–H groups in total. The topological polar surface area (TPSA) is 32.6 Å². The summed E-state index contributed by atoms with van der Waals surface area (Å²) in [6, 6.07) is 7.13. The molecule has 1 aliphatic rings. The molecule has 2 heteroatoms. The van der Waals surface area contributed by atoms with Crippen LogP contribution in [-0.2, 0) is 0 Å². The lowest BCUT2D eigenvalue weighted by Gasteiger charge is -2.26. The number of aromatic hydroxyl groups is 1. The second kappa shape index (κ2) is 4.69. The highest BCUT2D eigenvalue weighted by Crippen LogP contribution is 2.29. The van der Waals surface area contributed by atoms with E-state index in [1.165, 1.54) is 25.0 Å². The maximum Gasteiger partial charge on any atom is 0.115 e. The van der Waals surface area contributed by atoms with Gasteiger partial charge in [0.15, 0.2) is 0 Å². The van der Waals surface area contributed by atoms with E-state index in [4.69, 9.17) is 4.99 Å². The summed E-state index contributed by atoms with van der Waals surface area (Å²) >= 11 is 0. The van der Waals surface area contributed by atoms with E-state index >= 15 is 0 Å². The Kier molecular flexibility index (Phi) is 3.28. The number of benzene rings is 1. The Bertz CT molecular complexity index is 368. The monoisotopic (exact) mass is 217 g/mol. The fourth-order valence-electron chi connectivity index (χ4n) is 2.41. The van der Waals surface area contributed by atoms with Crippen LogP contribution in [0.2, 0.25) is 0 Å². The first-order chi connectivity index (χ1) is 7.66. The van der Waals surface area contributed by atoms with Crippen molar-refractivity contribution >= 4 is 11.4 Å². The number of aliphatic imine (C=N–C) groups is 1. The van der Waals surface area contributed by atoms with Crippen molar-refractivity contribution in [1.82, 2.24) is 0 Å². The summed E-state index contributed by atoms with van der Waals surface area (Å²) in [4.78, 5) is 4.73. The molecule has 0 radical (unpaired) electrons. The predicted octanol–water partition coefficient (Wildman–Crippen LogP) is 3.92. The van der Waals surface area contributed by atoms with E-state index in [0.717, 1.165) is 5.69 Å². The van der Waals surface area contributed by atoms with Crippen LogP contribution in [-0.4, -0.2) is 10.8 Å². The third-order valence-electron chi connectivity index (χ3n) is 3.39. The van der Waals surface area contributed by atoms with Crippen molar-refractivity contribution in [3.05, 3.63) is 24.3 Å². The molecule has 1 fully saturated rings. The summed E-state index contributed by atoms with van der Waals surface area (Å²) in [5.74, 6) is 1.49. The third-order valence-corrected chi connectivity index (χ3v) is 3.39. The molecule has 0 bridgehead atoms. The zero-order valence-electron chi connectivity index (χ0n) is 9.98. The average molecular weight is 217 g/mol. The lowest BCUT2D eigenvalue weighted by atomic mass is 9.81. The Morgan fingerprint density at radius 1 is 1.06 bits per heavy atom. The van der Waals surface area contributed by atoms with Crippen LogP contribution in [0.1, 0.15) is 33.1 Å². The second-order valence-electron chi connectivity index (χ2n) is 4.79. The first-order valence-corrected chi connectivity index (χ1v) is 6.04. The molecule has 1 aliphatic carbocycles. The van der Waals surface area contributed by atoms with Crippen molar-refractivity contribution in [2.24, 2.45) is 16.8 Å². The number of hydrogen-bond acceptors (Lipinski definition) is 2. The molecule has 0 heterocycles. The van der Waals surface area contributed by atoms with Gasteiger partial charge < -0.3 is 5.11 Å². The number of phenolic OH excluding ortho intramolecular Hbond substituents is 1. The van der Waals surface area contributed by atoms with Gasteiger partial charge in [-0.3, -0.25) is 4.99 Å². The summed E-state index contributed by atoms with van der Waals surface area (Å²) in [5.41, 5.74) is 2.27. The van der Waals surface area contributed by atoms with Gasteiger partial charge in [-0.1, -0.05) is 20.3 Å². The van der Waals surface area contributed by atoms with Crippen molar-refractivity contribution in [3.8, 4) is 5.75 Å². The molecule has 0 saturated heterocycles. The summed E-state index contributed by atoms with van der Waals surface area (Å²) in [6.45, 7) is 4.52. The highest BCUT2D eigenvalue weighted by Gasteiger charge is 2.22.